The zero-order valence-electron chi connectivity index (χ0n) is 44.5. The van der Waals surface area contributed by atoms with Gasteiger partial charge in [0.1, 0.15) is 85.5 Å². The highest BCUT2D eigenvalue weighted by molar-refractivity contribution is 5.28. The molecule has 13 N–H and O–H groups in total. The second-order valence-corrected chi connectivity index (χ2v) is 26.4. The largest absolute Gasteiger partial charge is 0.396 e. The molecule has 0 aromatic heterocycles. The van der Waals surface area contributed by atoms with Gasteiger partial charge in [0, 0.05) is 17.4 Å². The van der Waals surface area contributed by atoms with E-state index in [0.29, 0.717) is 19.4 Å². The lowest BCUT2D eigenvalue weighted by Gasteiger charge is -2.75. The monoisotopic (exact) mass is 1080 g/mol. The van der Waals surface area contributed by atoms with Gasteiger partial charge in [0.15, 0.2) is 25.2 Å². The summed E-state index contributed by atoms with van der Waals surface area (Å²) in [5.74, 6) is 0.556. The first-order chi connectivity index (χ1) is 35.2. The van der Waals surface area contributed by atoms with E-state index in [1.807, 2.05) is 0 Å². The average molecular weight is 1080 g/mol. The van der Waals surface area contributed by atoms with Gasteiger partial charge in [-0.3, -0.25) is 0 Å². The summed E-state index contributed by atoms with van der Waals surface area (Å²) in [5.41, 5.74) is -2.16. The van der Waals surface area contributed by atoms with E-state index in [4.69, 9.17) is 42.6 Å². The highest BCUT2D eigenvalue weighted by atomic mass is 16.8. The summed E-state index contributed by atoms with van der Waals surface area (Å²) in [7, 11) is 0. The van der Waals surface area contributed by atoms with Gasteiger partial charge in [-0.2, -0.15) is 0 Å². The van der Waals surface area contributed by atoms with Gasteiger partial charge in [-0.25, -0.2) is 0 Å². The van der Waals surface area contributed by atoms with Crippen molar-refractivity contribution in [3.05, 3.63) is 0 Å². The first-order valence-electron chi connectivity index (χ1n) is 27.7. The molecule has 0 radical (unpaired) electrons. The fourth-order valence-electron chi connectivity index (χ4n) is 17.7. The number of hydrogen-bond acceptors (Lipinski definition) is 22. The fourth-order valence-corrected chi connectivity index (χ4v) is 17.7. The van der Waals surface area contributed by atoms with E-state index >= 15 is 0 Å². The average Bonchev–Trinajstić information content (AvgIpc) is 3.66. The van der Waals surface area contributed by atoms with Crippen LogP contribution < -0.4 is 0 Å². The Morgan fingerprint density at radius 1 is 0.520 bits per heavy atom. The number of rotatable bonds is 11. The van der Waals surface area contributed by atoms with Crippen molar-refractivity contribution in [3.8, 4) is 0 Å². The van der Waals surface area contributed by atoms with Crippen LogP contribution in [0.25, 0.3) is 0 Å². The topological polar surface area (TPSA) is 346 Å². The second kappa shape index (κ2) is 20.2. The molecule has 30 atom stereocenters. The maximum absolute atomic E-state index is 12.4. The Kier molecular flexibility index (Phi) is 15.5. The molecule has 22 heteroatoms. The first kappa shape index (κ1) is 57.4. The van der Waals surface area contributed by atoms with E-state index in [1.165, 1.54) is 6.92 Å². The third-order valence-corrected chi connectivity index (χ3v) is 22.5. The number of aliphatic hydroxyl groups is 13. The van der Waals surface area contributed by atoms with Crippen molar-refractivity contribution < 1.29 is 109 Å². The van der Waals surface area contributed by atoms with Gasteiger partial charge in [0.05, 0.1) is 50.3 Å². The van der Waals surface area contributed by atoms with E-state index in [0.717, 1.165) is 51.4 Å². The standard InChI is InChI=1S/C53H88O22/c1-23-32(58)36(62)39(65)43(69-23)75-42-38(64)34(60)25(19-55)71-46(42)72-26-20-67-45(41(35(26)61)74-44-40(66)37(63)33(59)24(18-54)70-44)73-31-10-11-49(5)27(47(31,2)3)8-12-50(6)28(49)9-13-53-29-16-48(4,21-56)14-15-52(29,22-68-53)30(57)17-51(50,53)7/h23-46,54-66H,8-22H2,1-7H3/t23-,24-,25-,26-,27+,28-,29-,30-,31+,32-,33-,34-,35-,36+,37+,38+,39+,40-,41+,42-,43+,44+,45-,46+,48+,49+,50-,51+,52-,53+/m1/s1. The third-order valence-electron chi connectivity index (χ3n) is 22.5. The summed E-state index contributed by atoms with van der Waals surface area (Å²) in [6, 6.07) is 0. The van der Waals surface area contributed by atoms with E-state index in [1.54, 1.807) is 0 Å². The Morgan fingerprint density at radius 3 is 1.77 bits per heavy atom. The molecule has 10 aliphatic rings. The van der Waals surface area contributed by atoms with Gasteiger partial charge in [0.25, 0.3) is 0 Å². The smallest absolute Gasteiger partial charge is 0.187 e. The van der Waals surface area contributed by atoms with Crippen LogP contribution >= 0.6 is 0 Å². The molecule has 10 rings (SSSR count). The third kappa shape index (κ3) is 8.62. The van der Waals surface area contributed by atoms with Gasteiger partial charge in [-0.05, 0) is 111 Å². The van der Waals surface area contributed by atoms with Gasteiger partial charge >= 0.3 is 0 Å². The molecule has 5 heterocycles. The molecule has 0 amide bonds. The molecule has 0 aromatic carbocycles. The van der Waals surface area contributed by atoms with Crippen LogP contribution in [-0.4, -0.2) is 234 Å². The Bertz CT molecular complexity index is 2020. The van der Waals surface area contributed by atoms with Gasteiger partial charge < -0.3 is 109 Å². The van der Waals surface area contributed by atoms with Crippen LogP contribution in [0.3, 0.4) is 0 Å². The van der Waals surface area contributed by atoms with Crippen molar-refractivity contribution >= 4 is 0 Å². The van der Waals surface area contributed by atoms with E-state index in [2.05, 4.69) is 41.5 Å². The molecule has 5 saturated carbocycles. The molecule has 0 unspecified atom stereocenters. The lowest BCUT2D eigenvalue weighted by atomic mass is 9.30. The van der Waals surface area contributed by atoms with Crippen molar-refractivity contribution in [1.29, 1.82) is 0 Å². The van der Waals surface area contributed by atoms with Crippen LogP contribution in [0.2, 0.25) is 0 Å². The fraction of sp³-hybridized carbons (Fsp3) is 1.00. The summed E-state index contributed by atoms with van der Waals surface area (Å²) >= 11 is 0. The summed E-state index contributed by atoms with van der Waals surface area (Å²) in [6.07, 6.45) is -23.9. The molecule has 10 fully saturated rings. The lowest BCUT2D eigenvalue weighted by molar-refractivity contribution is -0.394. The number of aliphatic hydroxyl groups excluding tert-OH is 13. The van der Waals surface area contributed by atoms with Crippen molar-refractivity contribution in [3.63, 3.8) is 0 Å². The van der Waals surface area contributed by atoms with Crippen molar-refractivity contribution in [2.45, 2.75) is 247 Å². The number of hydrogen-bond donors (Lipinski definition) is 13. The van der Waals surface area contributed by atoms with Crippen LogP contribution in [0, 0.1) is 50.2 Å². The van der Waals surface area contributed by atoms with E-state index in [-0.39, 0.29) is 51.4 Å². The lowest BCUT2D eigenvalue weighted by Crippen LogP contribution is -2.74. The Hall–Kier alpha value is -0.880. The molecule has 75 heavy (non-hydrogen) atoms. The molecule has 1 spiro atoms. The molecular weight excluding hydrogens is 989 g/mol. The van der Waals surface area contributed by atoms with E-state index < -0.39 is 160 Å². The molecule has 5 saturated heterocycles. The normalized spacial score (nSPS) is 58.6. The van der Waals surface area contributed by atoms with Crippen LogP contribution in [0.4, 0.5) is 0 Å². The molecule has 22 nitrogen and oxygen atoms in total. The minimum Gasteiger partial charge on any atom is -0.396 e. The highest BCUT2D eigenvalue weighted by Crippen LogP contribution is 2.80. The van der Waals surface area contributed by atoms with Gasteiger partial charge in [0.2, 0.25) is 0 Å². The predicted octanol–water partition coefficient (Wildman–Crippen LogP) is -1.71. The Balaban J connectivity index is 0.901. The molecule has 0 aromatic rings. The zero-order chi connectivity index (χ0) is 54.3. The SMILES string of the molecule is C[C@H]1O[C@@H](O[C@H]2[C@H](O[C@@H]3CO[C@H](O[C@H]4CC[C@]5(C)[C@H]6CC[C@]78OC[C@@]9(CC[C@](C)(CO)C[C@H]97)[C@H](O)C[C@@]8(C)[C@]6(C)CC[C@H]5C4(C)C)[C@@H](O[C@@H]4O[C@H](CO)[C@@H](O)[C@H](O)[C@H]4O)[C@@H]3O)O[C@H](CO)[C@@H](O)[C@@H]2O)[C@@H](O)[C@@H](O)[C@@H]1O. The summed E-state index contributed by atoms with van der Waals surface area (Å²) in [4.78, 5) is 0. The summed E-state index contributed by atoms with van der Waals surface area (Å²) < 4.78 is 56.3. The molecule has 432 valence electrons. The second-order valence-electron chi connectivity index (χ2n) is 26.4. The van der Waals surface area contributed by atoms with Crippen LogP contribution in [0.5, 0.6) is 0 Å². The Labute approximate surface area is 438 Å². The number of ether oxygens (including phenoxy) is 9. The molecular formula is C53H88O22. The van der Waals surface area contributed by atoms with Crippen molar-refractivity contribution in [2.75, 3.05) is 33.0 Å². The van der Waals surface area contributed by atoms with Crippen LogP contribution in [0.1, 0.15) is 113 Å². The van der Waals surface area contributed by atoms with Gasteiger partial charge in [-0.15, -0.1) is 0 Å². The maximum atomic E-state index is 12.4. The van der Waals surface area contributed by atoms with Crippen molar-refractivity contribution in [2.24, 2.45) is 50.2 Å². The van der Waals surface area contributed by atoms with Crippen molar-refractivity contribution in [1.82, 2.24) is 0 Å². The summed E-state index contributed by atoms with van der Waals surface area (Å²) in [5, 5.41) is 142. The minimum absolute atomic E-state index is 0.108. The number of fused-ring (bicyclic) bond motifs is 4. The van der Waals surface area contributed by atoms with Crippen LogP contribution in [0.15, 0.2) is 0 Å². The molecule has 5 aliphatic heterocycles. The minimum atomic E-state index is -1.88. The van der Waals surface area contributed by atoms with Gasteiger partial charge in [-0.1, -0.05) is 41.5 Å². The predicted molar refractivity (Wildman–Crippen MR) is 256 cm³/mol. The highest BCUT2D eigenvalue weighted by Gasteiger charge is 2.80. The Morgan fingerprint density at radius 2 is 1.12 bits per heavy atom. The van der Waals surface area contributed by atoms with Crippen LogP contribution in [-0.2, 0) is 42.6 Å². The molecule has 2 bridgehead atoms. The molecule has 5 aliphatic carbocycles. The van der Waals surface area contributed by atoms with E-state index in [9.17, 15) is 66.4 Å². The quantitative estimate of drug-likeness (QED) is 0.102. The summed E-state index contributed by atoms with van der Waals surface area (Å²) in [6.45, 7) is 13.9. The zero-order valence-corrected chi connectivity index (χ0v) is 44.5. The first-order valence-corrected chi connectivity index (χ1v) is 27.7. The maximum Gasteiger partial charge on any atom is 0.187 e.